The van der Waals surface area contributed by atoms with Crippen molar-refractivity contribution >= 4 is 23.2 Å². The van der Waals surface area contributed by atoms with Gasteiger partial charge >= 0.3 is 0 Å². The second kappa shape index (κ2) is 6.06. The number of nitrogens with one attached hydrogen (secondary N) is 1. The molecule has 0 saturated carbocycles. The largest absolute Gasteiger partial charge is 0.508 e. The van der Waals surface area contributed by atoms with Crippen molar-refractivity contribution in [1.29, 1.82) is 0 Å². The monoisotopic (exact) mass is 304 g/mol. The summed E-state index contributed by atoms with van der Waals surface area (Å²) in [5.74, 6) is -0.342. The summed E-state index contributed by atoms with van der Waals surface area (Å²) in [7, 11) is 0. The Morgan fingerprint density at radius 1 is 1.19 bits per heavy atom. The maximum Gasteiger partial charge on any atom is 0.247 e. The van der Waals surface area contributed by atoms with E-state index in [1.165, 1.54) is 12.1 Å². The van der Waals surface area contributed by atoms with E-state index >= 15 is 0 Å². The SMILES string of the molecule is CCC(Nc1ccc(Cl)cc1)(C(N)=O)c1ccc(O)cc1. The maximum absolute atomic E-state index is 12.1. The van der Waals surface area contributed by atoms with E-state index in [1.807, 2.05) is 6.92 Å². The van der Waals surface area contributed by atoms with Gasteiger partial charge in [0, 0.05) is 10.7 Å². The van der Waals surface area contributed by atoms with Gasteiger partial charge in [-0.2, -0.15) is 0 Å². The minimum atomic E-state index is -1.04. The molecular weight excluding hydrogens is 288 g/mol. The minimum Gasteiger partial charge on any atom is -0.508 e. The molecule has 5 heteroatoms. The van der Waals surface area contributed by atoms with Crippen molar-refractivity contribution in [2.45, 2.75) is 18.9 Å². The number of benzene rings is 2. The van der Waals surface area contributed by atoms with Gasteiger partial charge in [0.05, 0.1) is 0 Å². The molecule has 2 rings (SSSR count). The van der Waals surface area contributed by atoms with E-state index in [9.17, 15) is 9.90 Å². The summed E-state index contributed by atoms with van der Waals surface area (Å²) in [6.07, 6.45) is 0.468. The molecule has 0 spiro atoms. The molecule has 2 aromatic carbocycles. The van der Waals surface area contributed by atoms with Crippen LogP contribution >= 0.6 is 11.6 Å². The zero-order valence-corrected chi connectivity index (χ0v) is 12.4. The van der Waals surface area contributed by atoms with Crippen LogP contribution in [0.3, 0.4) is 0 Å². The van der Waals surface area contributed by atoms with Crippen LogP contribution in [-0.4, -0.2) is 11.0 Å². The number of primary amides is 1. The molecule has 0 aromatic heterocycles. The Bertz CT molecular complexity index is 626. The third-order valence-electron chi connectivity index (χ3n) is 3.51. The molecule has 1 atom stereocenters. The molecule has 21 heavy (non-hydrogen) atoms. The van der Waals surface area contributed by atoms with E-state index in [2.05, 4.69) is 5.32 Å². The van der Waals surface area contributed by atoms with E-state index in [-0.39, 0.29) is 5.75 Å². The first-order valence-corrected chi connectivity index (χ1v) is 6.99. The van der Waals surface area contributed by atoms with Gasteiger partial charge in [-0.25, -0.2) is 0 Å². The molecule has 110 valence electrons. The fourth-order valence-electron chi connectivity index (χ4n) is 2.27. The second-order valence-corrected chi connectivity index (χ2v) is 5.24. The maximum atomic E-state index is 12.1. The summed E-state index contributed by atoms with van der Waals surface area (Å²) < 4.78 is 0. The Kier molecular flexibility index (Phi) is 4.38. The van der Waals surface area contributed by atoms with E-state index in [0.29, 0.717) is 17.0 Å². The topological polar surface area (TPSA) is 75.3 Å². The van der Waals surface area contributed by atoms with Crippen LogP contribution in [0.2, 0.25) is 5.02 Å². The summed E-state index contributed by atoms with van der Waals surface area (Å²) in [6.45, 7) is 1.88. The van der Waals surface area contributed by atoms with Crippen LogP contribution in [0.1, 0.15) is 18.9 Å². The quantitative estimate of drug-likeness (QED) is 0.793. The third-order valence-corrected chi connectivity index (χ3v) is 3.76. The number of hydrogen-bond donors (Lipinski definition) is 3. The number of aromatic hydroxyl groups is 1. The molecule has 4 nitrogen and oxygen atoms in total. The number of halogens is 1. The molecule has 0 aliphatic carbocycles. The number of rotatable bonds is 5. The number of amides is 1. The van der Waals surface area contributed by atoms with Crippen LogP contribution in [0.25, 0.3) is 0 Å². The van der Waals surface area contributed by atoms with Crippen molar-refractivity contribution in [3.8, 4) is 5.75 Å². The van der Waals surface area contributed by atoms with Gasteiger partial charge in [-0.1, -0.05) is 30.7 Å². The Morgan fingerprint density at radius 2 is 1.76 bits per heavy atom. The van der Waals surface area contributed by atoms with Crippen molar-refractivity contribution in [3.63, 3.8) is 0 Å². The zero-order chi connectivity index (χ0) is 15.5. The van der Waals surface area contributed by atoms with E-state index < -0.39 is 11.4 Å². The number of carbonyl (C=O) groups is 1. The number of phenols is 1. The molecule has 0 aliphatic heterocycles. The second-order valence-electron chi connectivity index (χ2n) is 4.80. The molecular formula is C16H17ClN2O2. The minimum absolute atomic E-state index is 0.139. The fraction of sp³-hybridized carbons (Fsp3) is 0.188. The fourth-order valence-corrected chi connectivity index (χ4v) is 2.39. The summed E-state index contributed by atoms with van der Waals surface area (Å²) >= 11 is 5.87. The van der Waals surface area contributed by atoms with Gasteiger partial charge in [0.1, 0.15) is 11.3 Å². The van der Waals surface area contributed by atoms with Gasteiger partial charge in [0.2, 0.25) is 5.91 Å². The van der Waals surface area contributed by atoms with Gasteiger partial charge in [0.25, 0.3) is 0 Å². The van der Waals surface area contributed by atoms with Gasteiger partial charge in [-0.15, -0.1) is 0 Å². The Labute approximate surface area is 128 Å². The smallest absolute Gasteiger partial charge is 0.247 e. The lowest BCUT2D eigenvalue weighted by molar-refractivity contribution is -0.122. The molecule has 0 fully saturated rings. The molecule has 0 bridgehead atoms. The molecule has 0 radical (unpaired) electrons. The van der Waals surface area contributed by atoms with E-state index in [1.54, 1.807) is 36.4 Å². The third kappa shape index (κ3) is 3.11. The first-order valence-electron chi connectivity index (χ1n) is 6.61. The van der Waals surface area contributed by atoms with Crippen molar-refractivity contribution in [3.05, 3.63) is 59.1 Å². The van der Waals surface area contributed by atoms with Crippen LogP contribution in [0, 0.1) is 0 Å². The number of anilines is 1. The highest BCUT2D eigenvalue weighted by atomic mass is 35.5. The van der Waals surface area contributed by atoms with Crippen molar-refractivity contribution in [1.82, 2.24) is 0 Å². The van der Waals surface area contributed by atoms with Crippen LogP contribution in [0.5, 0.6) is 5.75 Å². The average Bonchev–Trinajstić information content (AvgIpc) is 2.47. The normalized spacial score (nSPS) is 13.4. The van der Waals surface area contributed by atoms with Gasteiger partial charge in [-0.05, 0) is 48.4 Å². The highest BCUT2D eigenvalue weighted by molar-refractivity contribution is 6.30. The average molecular weight is 305 g/mol. The lowest BCUT2D eigenvalue weighted by atomic mass is 9.86. The van der Waals surface area contributed by atoms with Crippen molar-refractivity contribution < 1.29 is 9.90 Å². The predicted octanol–water partition coefficient (Wildman–Crippen LogP) is 3.25. The van der Waals surface area contributed by atoms with E-state index in [4.69, 9.17) is 17.3 Å². The standard InChI is InChI=1S/C16H17ClN2O2/c1-2-16(15(18)21,11-3-9-14(20)10-4-11)19-13-7-5-12(17)6-8-13/h3-10,19-20H,2H2,1H3,(H2,18,21). The van der Waals surface area contributed by atoms with Crippen LogP contribution in [0.4, 0.5) is 5.69 Å². The summed E-state index contributed by atoms with van der Waals surface area (Å²) in [5, 5.41) is 13.2. The van der Waals surface area contributed by atoms with Crippen molar-refractivity contribution in [2.24, 2.45) is 5.73 Å². The highest BCUT2D eigenvalue weighted by Gasteiger charge is 2.36. The molecule has 2 aromatic rings. The molecule has 1 amide bonds. The lowest BCUT2D eigenvalue weighted by Gasteiger charge is -2.32. The Morgan fingerprint density at radius 3 is 2.24 bits per heavy atom. The molecule has 0 heterocycles. The van der Waals surface area contributed by atoms with Crippen LogP contribution < -0.4 is 11.1 Å². The summed E-state index contributed by atoms with van der Waals surface area (Å²) in [5.41, 5.74) is 6.04. The predicted molar refractivity (Wildman–Crippen MR) is 84.3 cm³/mol. The van der Waals surface area contributed by atoms with Gasteiger partial charge in [0.15, 0.2) is 0 Å². The van der Waals surface area contributed by atoms with Gasteiger partial charge in [-0.3, -0.25) is 4.79 Å². The first-order chi connectivity index (χ1) is 9.98. The first kappa shape index (κ1) is 15.2. The number of nitrogens with two attached hydrogens (primary N) is 1. The number of carbonyl (C=O) groups excluding carboxylic acids is 1. The summed E-state index contributed by atoms with van der Waals surface area (Å²) in [6, 6.07) is 13.5. The van der Waals surface area contributed by atoms with Crippen LogP contribution in [0.15, 0.2) is 48.5 Å². The molecule has 0 saturated heterocycles. The molecule has 0 aliphatic rings. The van der Waals surface area contributed by atoms with Crippen LogP contribution in [-0.2, 0) is 10.3 Å². The molecule has 1 unspecified atom stereocenters. The molecule has 4 N–H and O–H groups in total. The zero-order valence-electron chi connectivity index (χ0n) is 11.6. The summed E-state index contributed by atoms with van der Waals surface area (Å²) in [4.78, 5) is 12.1. The van der Waals surface area contributed by atoms with Gasteiger partial charge < -0.3 is 16.2 Å². The highest BCUT2D eigenvalue weighted by Crippen LogP contribution is 2.31. The lowest BCUT2D eigenvalue weighted by Crippen LogP contribution is -2.47. The number of phenolic OH excluding ortho intramolecular Hbond substituents is 1. The Hall–Kier alpha value is -2.20. The van der Waals surface area contributed by atoms with E-state index in [0.717, 1.165) is 5.69 Å². The number of hydrogen-bond acceptors (Lipinski definition) is 3. The van der Waals surface area contributed by atoms with Crippen molar-refractivity contribution in [2.75, 3.05) is 5.32 Å². The Balaban J connectivity index is 2.44.